The van der Waals surface area contributed by atoms with E-state index in [4.69, 9.17) is 8.94 Å². The zero-order chi connectivity index (χ0) is 14.8. The number of rotatable bonds is 4. The fraction of sp³-hybridized carbons (Fsp3) is 0.294. The zero-order valence-electron chi connectivity index (χ0n) is 12.2. The van der Waals surface area contributed by atoms with Gasteiger partial charge in [-0.15, -0.1) is 0 Å². The summed E-state index contributed by atoms with van der Waals surface area (Å²) in [6.45, 7) is 2.90. The molecular weight excluding hydrogens is 278 g/mol. The maximum atomic E-state index is 5.48. The minimum atomic E-state index is 0.317. The van der Waals surface area contributed by atoms with Crippen molar-refractivity contribution < 1.29 is 8.94 Å². The van der Waals surface area contributed by atoms with E-state index in [0.717, 1.165) is 37.5 Å². The van der Waals surface area contributed by atoms with E-state index >= 15 is 0 Å². The molecule has 0 bridgehead atoms. The Kier molecular flexibility index (Phi) is 3.48. The Hall–Kier alpha value is -2.40. The number of aromatic nitrogens is 2. The molecule has 3 aromatic rings. The van der Waals surface area contributed by atoms with Crippen LogP contribution in [0.5, 0.6) is 0 Å². The second kappa shape index (κ2) is 5.77. The SMILES string of the molecule is c1ccc(-c2noc(C3CCN(Cc4ccoc4)C3)n2)cc1. The topological polar surface area (TPSA) is 55.3 Å². The van der Waals surface area contributed by atoms with E-state index in [1.165, 1.54) is 5.56 Å². The molecule has 5 heteroatoms. The summed E-state index contributed by atoms with van der Waals surface area (Å²) in [4.78, 5) is 6.96. The lowest BCUT2D eigenvalue weighted by Gasteiger charge is -2.13. The summed E-state index contributed by atoms with van der Waals surface area (Å²) in [7, 11) is 0. The van der Waals surface area contributed by atoms with Crippen LogP contribution in [0.25, 0.3) is 11.4 Å². The second-order valence-corrected chi connectivity index (χ2v) is 5.67. The van der Waals surface area contributed by atoms with Gasteiger partial charge in [0.1, 0.15) is 0 Å². The summed E-state index contributed by atoms with van der Waals surface area (Å²) >= 11 is 0. The van der Waals surface area contributed by atoms with E-state index in [0.29, 0.717) is 11.7 Å². The Morgan fingerprint density at radius 1 is 1.18 bits per heavy atom. The van der Waals surface area contributed by atoms with Gasteiger partial charge in [0, 0.05) is 24.2 Å². The fourth-order valence-electron chi connectivity index (χ4n) is 2.92. The summed E-state index contributed by atoms with van der Waals surface area (Å²) in [5.74, 6) is 1.73. The lowest BCUT2D eigenvalue weighted by molar-refractivity contribution is 0.308. The van der Waals surface area contributed by atoms with Gasteiger partial charge < -0.3 is 8.94 Å². The minimum Gasteiger partial charge on any atom is -0.472 e. The van der Waals surface area contributed by atoms with E-state index in [1.807, 2.05) is 36.4 Å². The van der Waals surface area contributed by atoms with Crippen LogP contribution in [0.2, 0.25) is 0 Å². The van der Waals surface area contributed by atoms with Crippen LogP contribution in [0.3, 0.4) is 0 Å². The molecule has 1 aromatic carbocycles. The summed E-state index contributed by atoms with van der Waals surface area (Å²) in [5, 5.41) is 4.11. The van der Waals surface area contributed by atoms with Crippen LogP contribution in [0.4, 0.5) is 0 Å². The van der Waals surface area contributed by atoms with Gasteiger partial charge in [0.2, 0.25) is 11.7 Å². The normalized spacial score (nSPS) is 18.8. The lowest BCUT2D eigenvalue weighted by Crippen LogP contribution is -2.19. The molecule has 1 saturated heterocycles. The predicted molar refractivity (Wildman–Crippen MR) is 81.1 cm³/mol. The van der Waals surface area contributed by atoms with Crippen LogP contribution in [-0.4, -0.2) is 28.1 Å². The first kappa shape index (κ1) is 13.3. The molecule has 0 aliphatic carbocycles. The van der Waals surface area contributed by atoms with Crippen LogP contribution in [0.1, 0.15) is 23.8 Å². The summed E-state index contributed by atoms with van der Waals surface area (Å²) in [6, 6.07) is 11.9. The molecule has 0 spiro atoms. The van der Waals surface area contributed by atoms with E-state index in [-0.39, 0.29) is 0 Å². The van der Waals surface area contributed by atoms with Crippen molar-refractivity contribution in [3.05, 3.63) is 60.4 Å². The van der Waals surface area contributed by atoms with Crippen LogP contribution >= 0.6 is 0 Å². The number of nitrogens with zero attached hydrogens (tertiary/aromatic N) is 3. The van der Waals surface area contributed by atoms with Crippen molar-refractivity contribution in [3.8, 4) is 11.4 Å². The Morgan fingerprint density at radius 2 is 2.09 bits per heavy atom. The molecule has 0 saturated carbocycles. The molecule has 22 heavy (non-hydrogen) atoms. The van der Waals surface area contributed by atoms with Crippen LogP contribution in [0, 0.1) is 0 Å². The van der Waals surface area contributed by atoms with Gasteiger partial charge in [0.15, 0.2) is 0 Å². The van der Waals surface area contributed by atoms with Gasteiger partial charge in [-0.2, -0.15) is 4.98 Å². The number of hydrogen-bond acceptors (Lipinski definition) is 5. The molecule has 112 valence electrons. The highest BCUT2D eigenvalue weighted by Gasteiger charge is 2.28. The first-order valence-electron chi connectivity index (χ1n) is 7.51. The van der Waals surface area contributed by atoms with Gasteiger partial charge in [-0.1, -0.05) is 35.5 Å². The largest absolute Gasteiger partial charge is 0.472 e. The molecule has 4 rings (SSSR count). The minimum absolute atomic E-state index is 0.317. The van der Waals surface area contributed by atoms with Gasteiger partial charge in [0.05, 0.1) is 18.4 Å². The molecule has 5 nitrogen and oxygen atoms in total. The Morgan fingerprint density at radius 3 is 2.91 bits per heavy atom. The standard InChI is InChI=1S/C17H17N3O2/c1-2-4-14(5-3-1)16-18-17(22-19-16)15-6-8-20(11-15)10-13-7-9-21-12-13/h1-5,7,9,12,15H,6,8,10-11H2. The maximum absolute atomic E-state index is 5.48. The average molecular weight is 295 g/mol. The Labute approximate surface area is 128 Å². The van der Waals surface area contributed by atoms with Crippen molar-refractivity contribution >= 4 is 0 Å². The molecular formula is C17H17N3O2. The summed E-state index contributed by atoms with van der Waals surface area (Å²) in [6.07, 6.45) is 4.56. The third-order valence-electron chi connectivity index (χ3n) is 4.08. The average Bonchev–Trinajstić information content (AvgIpc) is 3.30. The van der Waals surface area contributed by atoms with Crippen molar-refractivity contribution in [2.75, 3.05) is 13.1 Å². The molecule has 0 N–H and O–H groups in total. The molecule has 2 aromatic heterocycles. The van der Waals surface area contributed by atoms with Crippen LogP contribution < -0.4 is 0 Å². The number of likely N-dealkylation sites (tertiary alicyclic amines) is 1. The lowest BCUT2D eigenvalue weighted by atomic mass is 10.1. The van der Waals surface area contributed by atoms with Gasteiger partial charge in [-0.25, -0.2) is 0 Å². The maximum Gasteiger partial charge on any atom is 0.231 e. The van der Waals surface area contributed by atoms with Crippen LogP contribution in [0.15, 0.2) is 57.9 Å². The molecule has 1 atom stereocenters. The highest BCUT2D eigenvalue weighted by Crippen LogP contribution is 2.28. The zero-order valence-corrected chi connectivity index (χ0v) is 12.2. The highest BCUT2D eigenvalue weighted by molar-refractivity contribution is 5.53. The molecule has 1 aliphatic heterocycles. The quantitative estimate of drug-likeness (QED) is 0.739. The molecule has 1 fully saturated rings. The van der Waals surface area contributed by atoms with Gasteiger partial charge in [-0.3, -0.25) is 4.90 Å². The predicted octanol–water partition coefficient (Wildman–Crippen LogP) is 3.32. The summed E-state index contributed by atoms with van der Waals surface area (Å²) < 4.78 is 10.6. The van der Waals surface area contributed by atoms with Crippen molar-refractivity contribution in [1.29, 1.82) is 0 Å². The van der Waals surface area contributed by atoms with E-state index in [2.05, 4.69) is 15.0 Å². The number of furan rings is 1. The molecule has 0 amide bonds. The molecule has 1 aliphatic rings. The number of hydrogen-bond donors (Lipinski definition) is 0. The van der Waals surface area contributed by atoms with Gasteiger partial charge >= 0.3 is 0 Å². The fourth-order valence-corrected chi connectivity index (χ4v) is 2.92. The van der Waals surface area contributed by atoms with Crippen LogP contribution in [-0.2, 0) is 6.54 Å². The van der Waals surface area contributed by atoms with Crippen molar-refractivity contribution in [2.45, 2.75) is 18.9 Å². The van der Waals surface area contributed by atoms with Crippen molar-refractivity contribution in [2.24, 2.45) is 0 Å². The smallest absolute Gasteiger partial charge is 0.231 e. The Bertz CT molecular complexity index is 721. The van der Waals surface area contributed by atoms with Crippen molar-refractivity contribution in [1.82, 2.24) is 15.0 Å². The molecule has 3 heterocycles. The summed E-state index contributed by atoms with van der Waals surface area (Å²) in [5.41, 5.74) is 2.20. The monoisotopic (exact) mass is 295 g/mol. The first-order chi connectivity index (χ1) is 10.9. The second-order valence-electron chi connectivity index (χ2n) is 5.67. The van der Waals surface area contributed by atoms with Gasteiger partial charge in [-0.05, 0) is 19.0 Å². The van der Waals surface area contributed by atoms with Crippen molar-refractivity contribution in [3.63, 3.8) is 0 Å². The third kappa shape index (κ3) is 2.67. The van der Waals surface area contributed by atoms with E-state index in [1.54, 1.807) is 12.5 Å². The third-order valence-corrected chi connectivity index (χ3v) is 4.08. The van der Waals surface area contributed by atoms with E-state index in [9.17, 15) is 0 Å². The van der Waals surface area contributed by atoms with Gasteiger partial charge in [0.25, 0.3) is 0 Å². The Balaban J connectivity index is 1.44. The molecule has 0 radical (unpaired) electrons. The number of benzene rings is 1. The molecule has 1 unspecified atom stereocenters. The van der Waals surface area contributed by atoms with E-state index < -0.39 is 0 Å². The highest BCUT2D eigenvalue weighted by atomic mass is 16.5. The first-order valence-corrected chi connectivity index (χ1v) is 7.51.